The van der Waals surface area contributed by atoms with Crippen molar-refractivity contribution in [3.05, 3.63) is 30.6 Å². The summed E-state index contributed by atoms with van der Waals surface area (Å²) in [4.78, 5) is 14.7. The van der Waals surface area contributed by atoms with Gasteiger partial charge in [0.15, 0.2) is 0 Å². The van der Waals surface area contributed by atoms with Gasteiger partial charge in [0.25, 0.3) is 0 Å². The fourth-order valence-electron chi connectivity index (χ4n) is 3.54. The standard InChI is InChI=1S/C18H29N7O/c1-15(2)25-14-20-22-17(25)7-10-19-18(26)24-12-4-3-6-16(24)8-13-23-11-5-9-21-23/h5,9,11,14-16H,3-4,6-8,10,12-13H2,1-2H3,(H,19,26)/t16-/m0/s1. The summed E-state index contributed by atoms with van der Waals surface area (Å²) in [5, 5.41) is 15.4. The number of likely N-dealkylation sites (tertiary alicyclic amines) is 1. The molecular weight excluding hydrogens is 330 g/mol. The third-order valence-electron chi connectivity index (χ3n) is 4.97. The Morgan fingerprint density at radius 2 is 2.27 bits per heavy atom. The zero-order valence-electron chi connectivity index (χ0n) is 15.7. The van der Waals surface area contributed by atoms with Crippen LogP contribution in [0.3, 0.4) is 0 Å². The van der Waals surface area contributed by atoms with E-state index in [0.29, 0.717) is 19.0 Å². The van der Waals surface area contributed by atoms with Gasteiger partial charge in [-0.3, -0.25) is 4.68 Å². The predicted octanol–water partition coefficient (Wildman–Crippen LogP) is 2.25. The number of aromatic nitrogens is 5. The van der Waals surface area contributed by atoms with E-state index in [2.05, 4.69) is 34.5 Å². The molecule has 1 aliphatic rings. The molecule has 8 nitrogen and oxygen atoms in total. The topological polar surface area (TPSA) is 80.9 Å². The van der Waals surface area contributed by atoms with Crippen LogP contribution >= 0.6 is 0 Å². The largest absolute Gasteiger partial charge is 0.338 e. The average Bonchev–Trinajstić information content (AvgIpc) is 3.32. The normalized spacial score (nSPS) is 17.7. The predicted molar refractivity (Wildman–Crippen MR) is 98.7 cm³/mol. The van der Waals surface area contributed by atoms with Crippen LogP contribution in [-0.2, 0) is 13.0 Å². The van der Waals surface area contributed by atoms with Crippen LogP contribution in [-0.4, -0.2) is 54.6 Å². The molecule has 142 valence electrons. The summed E-state index contributed by atoms with van der Waals surface area (Å²) in [7, 11) is 0. The molecule has 1 fully saturated rings. The summed E-state index contributed by atoms with van der Waals surface area (Å²) in [5.41, 5.74) is 0. The molecule has 1 saturated heterocycles. The minimum absolute atomic E-state index is 0.0331. The number of nitrogens with one attached hydrogen (secondary N) is 1. The number of carbonyl (C=O) groups excluding carboxylic acids is 1. The second-order valence-electron chi connectivity index (χ2n) is 7.13. The van der Waals surface area contributed by atoms with E-state index in [1.54, 1.807) is 12.5 Å². The van der Waals surface area contributed by atoms with Crippen LogP contribution in [0.15, 0.2) is 24.8 Å². The number of amides is 2. The van der Waals surface area contributed by atoms with Crippen LogP contribution in [0, 0.1) is 0 Å². The zero-order chi connectivity index (χ0) is 18.4. The Bertz CT molecular complexity index is 680. The van der Waals surface area contributed by atoms with Gasteiger partial charge in [0.1, 0.15) is 12.2 Å². The lowest BCUT2D eigenvalue weighted by Crippen LogP contribution is -2.49. The van der Waals surface area contributed by atoms with Crippen molar-refractivity contribution in [1.82, 2.24) is 34.8 Å². The number of hydrogen-bond donors (Lipinski definition) is 1. The van der Waals surface area contributed by atoms with E-state index in [-0.39, 0.29) is 12.1 Å². The van der Waals surface area contributed by atoms with Gasteiger partial charge in [-0.2, -0.15) is 5.10 Å². The lowest BCUT2D eigenvalue weighted by Gasteiger charge is -2.35. The Hall–Kier alpha value is -2.38. The molecule has 0 aromatic carbocycles. The first-order chi connectivity index (χ1) is 12.6. The molecule has 0 spiro atoms. The molecule has 26 heavy (non-hydrogen) atoms. The molecule has 2 amide bonds. The summed E-state index contributed by atoms with van der Waals surface area (Å²) >= 11 is 0. The molecule has 1 N–H and O–H groups in total. The van der Waals surface area contributed by atoms with Crippen molar-refractivity contribution in [2.75, 3.05) is 13.1 Å². The number of aryl methyl sites for hydroxylation is 1. The van der Waals surface area contributed by atoms with Gasteiger partial charge >= 0.3 is 6.03 Å². The molecule has 0 radical (unpaired) electrons. The molecule has 3 heterocycles. The first kappa shape index (κ1) is 18.4. The second kappa shape index (κ2) is 8.82. The summed E-state index contributed by atoms with van der Waals surface area (Å²) in [6, 6.07) is 2.57. The van der Waals surface area contributed by atoms with Crippen molar-refractivity contribution in [1.29, 1.82) is 0 Å². The summed E-state index contributed by atoms with van der Waals surface area (Å²) < 4.78 is 3.98. The molecule has 0 aliphatic carbocycles. The highest BCUT2D eigenvalue weighted by Gasteiger charge is 2.26. The maximum atomic E-state index is 12.7. The minimum Gasteiger partial charge on any atom is -0.338 e. The van der Waals surface area contributed by atoms with Crippen LogP contribution in [0.4, 0.5) is 4.79 Å². The number of rotatable bonds is 7. The van der Waals surface area contributed by atoms with Crippen LogP contribution in [0.5, 0.6) is 0 Å². The zero-order valence-corrected chi connectivity index (χ0v) is 15.7. The van der Waals surface area contributed by atoms with E-state index in [1.807, 2.05) is 26.4 Å². The third kappa shape index (κ3) is 4.62. The van der Waals surface area contributed by atoms with Crippen LogP contribution < -0.4 is 5.32 Å². The van der Waals surface area contributed by atoms with E-state index < -0.39 is 0 Å². The summed E-state index contributed by atoms with van der Waals surface area (Å²) in [6.45, 7) is 6.45. The Kier molecular flexibility index (Phi) is 6.25. The number of nitrogens with zero attached hydrogens (tertiary/aromatic N) is 6. The molecular formula is C18H29N7O. The van der Waals surface area contributed by atoms with E-state index >= 15 is 0 Å². The molecule has 8 heteroatoms. The van der Waals surface area contributed by atoms with E-state index in [1.165, 1.54) is 6.42 Å². The fraction of sp³-hybridized carbons (Fsp3) is 0.667. The number of urea groups is 1. The van der Waals surface area contributed by atoms with Gasteiger partial charge in [0.2, 0.25) is 0 Å². The van der Waals surface area contributed by atoms with Crippen molar-refractivity contribution >= 4 is 6.03 Å². The van der Waals surface area contributed by atoms with Crippen molar-refractivity contribution < 1.29 is 4.79 Å². The Labute approximate surface area is 154 Å². The van der Waals surface area contributed by atoms with Crippen LogP contribution in [0.1, 0.15) is 51.4 Å². The Balaban J connectivity index is 1.49. The first-order valence-corrected chi connectivity index (χ1v) is 9.55. The quantitative estimate of drug-likeness (QED) is 0.822. The molecule has 1 aliphatic heterocycles. The van der Waals surface area contributed by atoms with Gasteiger partial charge in [-0.1, -0.05) is 0 Å². The molecule has 2 aromatic rings. The van der Waals surface area contributed by atoms with Gasteiger partial charge in [0, 0.05) is 50.5 Å². The van der Waals surface area contributed by atoms with Crippen molar-refractivity contribution in [2.45, 2.75) is 64.6 Å². The molecule has 0 saturated carbocycles. The number of carbonyl (C=O) groups is 1. The number of hydrogen-bond acceptors (Lipinski definition) is 4. The smallest absolute Gasteiger partial charge is 0.317 e. The van der Waals surface area contributed by atoms with E-state index in [9.17, 15) is 4.79 Å². The number of piperidine rings is 1. The highest BCUT2D eigenvalue weighted by Crippen LogP contribution is 2.20. The van der Waals surface area contributed by atoms with Crippen LogP contribution in [0.2, 0.25) is 0 Å². The van der Waals surface area contributed by atoms with Crippen molar-refractivity contribution in [3.63, 3.8) is 0 Å². The maximum Gasteiger partial charge on any atom is 0.317 e. The third-order valence-corrected chi connectivity index (χ3v) is 4.97. The van der Waals surface area contributed by atoms with Crippen LogP contribution in [0.25, 0.3) is 0 Å². The Morgan fingerprint density at radius 1 is 1.38 bits per heavy atom. The van der Waals surface area contributed by atoms with Gasteiger partial charge < -0.3 is 14.8 Å². The first-order valence-electron chi connectivity index (χ1n) is 9.55. The molecule has 1 atom stereocenters. The molecule has 0 bridgehead atoms. The van der Waals surface area contributed by atoms with Gasteiger partial charge in [0.05, 0.1) is 0 Å². The van der Waals surface area contributed by atoms with Crippen molar-refractivity contribution in [2.24, 2.45) is 0 Å². The minimum atomic E-state index is 0.0331. The molecule has 0 unspecified atom stereocenters. The summed E-state index contributed by atoms with van der Waals surface area (Å²) in [6.07, 6.45) is 10.5. The fourth-order valence-corrected chi connectivity index (χ4v) is 3.54. The average molecular weight is 359 g/mol. The molecule has 3 rings (SSSR count). The highest BCUT2D eigenvalue weighted by molar-refractivity contribution is 5.74. The monoisotopic (exact) mass is 359 g/mol. The van der Waals surface area contributed by atoms with Gasteiger partial charge in [-0.05, 0) is 45.6 Å². The van der Waals surface area contributed by atoms with E-state index in [4.69, 9.17) is 0 Å². The van der Waals surface area contributed by atoms with Gasteiger partial charge in [-0.25, -0.2) is 4.79 Å². The lowest BCUT2D eigenvalue weighted by molar-refractivity contribution is 0.143. The Morgan fingerprint density at radius 3 is 3.04 bits per heavy atom. The highest BCUT2D eigenvalue weighted by atomic mass is 16.2. The summed E-state index contributed by atoms with van der Waals surface area (Å²) in [5.74, 6) is 0.911. The lowest BCUT2D eigenvalue weighted by atomic mass is 10.00. The second-order valence-corrected chi connectivity index (χ2v) is 7.13. The SMILES string of the molecule is CC(C)n1cnnc1CCNC(=O)N1CCCC[C@H]1CCn1cccn1. The van der Waals surface area contributed by atoms with Gasteiger partial charge in [-0.15, -0.1) is 10.2 Å². The molecule has 2 aromatic heterocycles. The van der Waals surface area contributed by atoms with E-state index in [0.717, 1.165) is 38.2 Å². The van der Waals surface area contributed by atoms with Crippen molar-refractivity contribution in [3.8, 4) is 0 Å². The maximum absolute atomic E-state index is 12.7.